The number of hydrogen-bond donors (Lipinski definition) is 0. The van der Waals surface area contributed by atoms with E-state index in [0.717, 1.165) is 5.69 Å². The minimum absolute atomic E-state index is 0.0626. The topological polar surface area (TPSA) is 12.9 Å². The van der Waals surface area contributed by atoms with E-state index in [0.29, 0.717) is 0 Å². The first-order valence-electron chi connectivity index (χ1n) is 4.93. The lowest BCUT2D eigenvalue weighted by Crippen LogP contribution is -2.17. The van der Waals surface area contributed by atoms with Crippen molar-refractivity contribution in [2.24, 2.45) is 0 Å². The Kier molecular flexibility index (Phi) is 4.24. The van der Waals surface area contributed by atoms with Crippen LogP contribution >= 0.6 is 11.8 Å². The molecule has 0 bridgehead atoms. The van der Waals surface area contributed by atoms with Gasteiger partial charge in [0, 0.05) is 11.9 Å². The SMILES string of the molecule is CC(C)(SCCC(F)(F)F)c1ccccn1. The average molecular weight is 249 g/mol. The molecule has 16 heavy (non-hydrogen) atoms. The molecule has 0 aliphatic carbocycles. The van der Waals surface area contributed by atoms with Gasteiger partial charge in [-0.2, -0.15) is 13.2 Å². The predicted molar refractivity (Wildman–Crippen MR) is 60.4 cm³/mol. The third-order valence-electron chi connectivity index (χ3n) is 2.13. The van der Waals surface area contributed by atoms with Crippen LogP contribution in [-0.2, 0) is 4.75 Å². The van der Waals surface area contributed by atoms with Crippen molar-refractivity contribution < 1.29 is 13.2 Å². The summed E-state index contributed by atoms with van der Waals surface area (Å²) >= 11 is 1.28. The summed E-state index contributed by atoms with van der Waals surface area (Å²) in [7, 11) is 0. The lowest BCUT2D eigenvalue weighted by Gasteiger charge is -2.23. The molecule has 0 radical (unpaired) electrons. The van der Waals surface area contributed by atoms with Crippen molar-refractivity contribution in [1.82, 2.24) is 4.98 Å². The molecule has 0 aromatic carbocycles. The highest BCUT2D eigenvalue weighted by molar-refractivity contribution is 8.00. The zero-order valence-electron chi connectivity index (χ0n) is 9.21. The van der Waals surface area contributed by atoms with Crippen LogP contribution in [0.4, 0.5) is 13.2 Å². The summed E-state index contributed by atoms with van der Waals surface area (Å²) in [5.41, 5.74) is 0.808. The van der Waals surface area contributed by atoms with Gasteiger partial charge in [-0.25, -0.2) is 0 Å². The molecule has 0 fully saturated rings. The first kappa shape index (κ1) is 13.4. The highest BCUT2D eigenvalue weighted by Gasteiger charge is 2.29. The molecule has 0 saturated heterocycles. The molecule has 0 spiro atoms. The Balaban J connectivity index is 2.53. The number of hydrogen-bond acceptors (Lipinski definition) is 2. The Morgan fingerprint density at radius 2 is 1.94 bits per heavy atom. The van der Waals surface area contributed by atoms with Gasteiger partial charge in [0.25, 0.3) is 0 Å². The molecule has 5 heteroatoms. The monoisotopic (exact) mass is 249 g/mol. The van der Waals surface area contributed by atoms with E-state index in [9.17, 15) is 13.2 Å². The molecule has 0 N–H and O–H groups in total. The first-order chi connectivity index (χ1) is 7.31. The summed E-state index contributed by atoms with van der Waals surface area (Å²) in [6.07, 6.45) is -3.18. The van der Waals surface area contributed by atoms with Crippen LogP contribution in [0, 0.1) is 0 Å². The lowest BCUT2D eigenvalue weighted by molar-refractivity contribution is -0.129. The molecule has 0 atom stereocenters. The Morgan fingerprint density at radius 1 is 1.25 bits per heavy atom. The number of thioether (sulfide) groups is 1. The van der Waals surface area contributed by atoms with Gasteiger partial charge in [-0.1, -0.05) is 6.07 Å². The quantitative estimate of drug-likeness (QED) is 0.800. The second kappa shape index (κ2) is 5.08. The van der Waals surface area contributed by atoms with Crippen LogP contribution < -0.4 is 0 Å². The molecule has 0 amide bonds. The number of pyridine rings is 1. The van der Waals surface area contributed by atoms with Gasteiger partial charge in [-0.3, -0.25) is 4.98 Å². The summed E-state index contributed by atoms with van der Waals surface area (Å²) in [6, 6.07) is 5.47. The van der Waals surface area contributed by atoms with E-state index in [4.69, 9.17) is 0 Å². The maximum absolute atomic E-state index is 12.0. The Hall–Kier alpha value is -0.710. The summed E-state index contributed by atoms with van der Waals surface area (Å²) in [5, 5.41) is 0. The van der Waals surface area contributed by atoms with Gasteiger partial charge in [-0.05, 0) is 26.0 Å². The van der Waals surface area contributed by atoms with Crippen LogP contribution in [-0.4, -0.2) is 16.9 Å². The van der Waals surface area contributed by atoms with Crippen molar-refractivity contribution in [2.75, 3.05) is 5.75 Å². The van der Waals surface area contributed by atoms with Gasteiger partial charge < -0.3 is 0 Å². The molecule has 0 aliphatic rings. The molecule has 90 valence electrons. The summed E-state index contributed by atoms with van der Waals surface area (Å²) < 4.78 is 35.6. The van der Waals surface area contributed by atoms with Gasteiger partial charge in [0.2, 0.25) is 0 Å². The molecule has 1 aromatic rings. The second-order valence-electron chi connectivity index (χ2n) is 3.94. The molecule has 1 heterocycles. The normalized spacial score (nSPS) is 12.8. The van der Waals surface area contributed by atoms with Crippen molar-refractivity contribution in [1.29, 1.82) is 0 Å². The Bertz CT molecular complexity index is 322. The maximum atomic E-state index is 12.0. The lowest BCUT2D eigenvalue weighted by atomic mass is 10.1. The fraction of sp³-hybridized carbons (Fsp3) is 0.545. The molecule has 0 unspecified atom stereocenters. The maximum Gasteiger partial charge on any atom is 0.389 e. The van der Waals surface area contributed by atoms with Crippen LogP contribution in [0.1, 0.15) is 26.0 Å². The molecule has 1 nitrogen and oxygen atoms in total. The van der Waals surface area contributed by atoms with Crippen LogP contribution in [0.2, 0.25) is 0 Å². The van der Waals surface area contributed by atoms with Crippen molar-refractivity contribution in [3.63, 3.8) is 0 Å². The van der Waals surface area contributed by atoms with Gasteiger partial charge >= 0.3 is 6.18 Å². The Labute approximate surface area is 97.5 Å². The van der Waals surface area contributed by atoms with E-state index >= 15 is 0 Å². The predicted octanol–water partition coefficient (Wildman–Crippen LogP) is 4.00. The molecule has 1 aromatic heterocycles. The average Bonchev–Trinajstić information content (AvgIpc) is 2.17. The largest absolute Gasteiger partial charge is 0.389 e. The number of alkyl halides is 3. The van der Waals surface area contributed by atoms with Gasteiger partial charge in [0.05, 0.1) is 16.9 Å². The van der Waals surface area contributed by atoms with E-state index in [-0.39, 0.29) is 10.5 Å². The minimum atomic E-state index is -4.08. The van der Waals surface area contributed by atoms with Gasteiger partial charge in [0.15, 0.2) is 0 Å². The van der Waals surface area contributed by atoms with Gasteiger partial charge in [-0.15, -0.1) is 11.8 Å². The number of aromatic nitrogens is 1. The molecule has 0 saturated carbocycles. The second-order valence-corrected chi connectivity index (χ2v) is 5.66. The van der Waals surface area contributed by atoms with E-state index in [2.05, 4.69) is 4.98 Å². The zero-order chi connectivity index (χ0) is 12.2. The van der Waals surface area contributed by atoms with Crippen LogP contribution in [0.3, 0.4) is 0 Å². The van der Waals surface area contributed by atoms with Crippen molar-refractivity contribution in [2.45, 2.75) is 31.2 Å². The van der Waals surface area contributed by atoms with Crippen molar-refractivity contribution in [3.8, 4) is 0 Å². The molecular formula is C11H14F3NS. The molecular weight excluding hydrogens is 235 g/mol. The van der Waals surface area contributed by atoms with Crippen LogP contribution in [0.5, 0.6) is 0 Å². The fourth-order valence-electron chi connectivity index (χ4n) is 1.21. The van der Waals surface area contributed by atoms with E-state index < -0.39 is 12.6 Å². The third-order valence-corrected chi connectivity index (χ3v) is 3.47. The minimum Gasteiger partial charge on any atom is -0.260 e. The third kappa shape index (κ3) is 4.43. The summed E-state index contributed by atoms with van der Waals surface area (Å²) in [4.78, 5) is 4.16. The highest BCUT2D eigenvalue weighted by Crippen LogP contribution is 2.36. The van der Waals surface area contributed by atoms with Crippen molar-refractivity contribution in [3.05, 3.63) is 30.1 Å². The van der Waals surface area contributed by atoms with E-state index in [1.807, 2.05) is 26.0 Å². The van der Waals surface area contributed by atoms with Crippen LogP contribution in [0.15, 0.2) is 24.4 Å². The summed E-state index contributed by atoms with van der Waals surface area (Å²) in [6.45, 7) is 3.77. The smallest absolute Gasteiger partial charge is 0.260 e. The first-order valence-corrected chi connectivity index (χ1v) is 5.92. The van der Waals surface area contributed by atoms with Crippen molar-refractivity contribution >= 4 is 11.8 Å². The number of nitrogens with zero attached hydrogens (tertiary/aromatic N) is 1. The fourth-order valence-corrected chi connectivity index (χ4v) is 2.33. The van der Waals surface area contributed by atoms with E-state index in [1.165, 1.54) is 11.8 Å². The summed E-state index contributed by atoms with van der Waals surface area (Å²) in [5.74, 6) is 0.0626. The number of rotatable bonds is 4. The standard InChI is InChI=1S/C11H14F3NS/c1-10(2,9-5-3-4-7-15-9)16-8-6-11(12,13)14/h3-5,7H,6,8H2,1-2H3. The number of halogens is 3. The highest BCUT2D eigenvalue weighted by atomic mass is 32.2. The van der Waals surface area contributed by atoms with Gasteiger partial charge in [0.1, 0.15) is 0 Å². The van der Waals surface area contributed by atoms with E-state index in [1.54, 1.807) is 12.3 Å². The molecule has 0 aliphatic heterocycles. The Morgan fingerprint density at radius 3 is 2.44 bits per heavy atom. The molecule has 1 rings (SSSR count). The zero-order valence-corrected chi connectivity index (χ0v) is 10.0. The van der Waals surface area contributed by atoms with Crippen LogP contribution in [0.25, 0.3) is 0 Å².